The normalized spacial score (nSPS) is 11.9. The predicted molar refractivity (Wildman–Crippen MR) is 68.5 cm³/mol. The minimum atomic E-state index is 0.0308. The molecule has 0 saturated carbocycles. The van der Waals surface area contributed by atoms with Gasteiger partial charge in [0, 0.05) is 0 Å². The smallest absolute Gasteiger partial charge is 0.121 e. The molecule has 2 aromatic carbocycles. The zero-order chi connectivity index (χ0) is 12.1. The molecule has 0 bridgehead atoms. The second-order valence-corrected chi connectivity index (χ2v) is 3.85. The van der Waals surface area contributed by atoms with E-state index < -0.39 is 0 Å². The average molecular weight is 228 g/mol. The highest BCUT2D eigenvalue weighted by Crippen LogP contribution is 2.22. The maximum atomic E-state index is 5.83. The van der Waals surface area contributed by atoms with E-state index in [2.05, 4.69) is 0 Å². The van der Waals surface area contributed by atoms with Gasteiger partial charge in [0.15, 0.2) is 0 Å². The fourth-order valence-corrected chi connectivity index (χ4v) is 1.65. The van der Waals surface area contributed by atoms with Crippen LogP contribution >= 0.6 is 0 Å². The molecule has 0 fully saturated rings. The number of para-hydroxylation sites is 1. The van der Waals surface area contributed by atoms with Crippen LogP contribution in [0.25, 0.3) is 0 Å². The van der Waals surface area contributed by atoms with E-state index in [-0.39, 0.29) is 6.10 Å². The number of ether oxygens (including phenoxy) is 2. The Morgan fingerprint density at radius 3 is 2.06 bits per heavy atom. The zero-order valence-electron chi connectivity index (χ0n) is 10.1. The molecule has 0 spiro atoms. The molecule has 0 saturated heterocycles. The van der Waals surface area contributed by atoms with Crippen LogP contribution < -0.4 is 9.47 Å². The lowest BCUT2D eigenvalue weighted by Crippen LogP contribution is -2.02. The molecule has 1 unspecified atom stereocenters. The van der Waals surface area contributed by atoms with Gasteiger partial charge < -0.3 is 9.47 Å². The third-order valence-corrected chi connectivity index (χ3v) is 2.64. The van der Waals surface area contributed by atoms with Crippen molar-refractivity contribution < 1.29 is 9.47 Å². The van der Waals surface area contributed by atoms with E-state index >= 15 is 0 Å². The van der Waals surface area contributed by atoms with Gasteiger partial charge in [-0.2, -0.15) is 0 Å². The van der Waals surface area contributed by atoms with Crippen LogP contribution in [0.4, 0.5) is 0 Å². The van der Waals surface area contributed by atoms with Crippen molar-refractivity contribution in [3.63, 3.8) is 0 Å². The number of hydrogen-bond acceptors (Lipinski definition) is 2. The summed E-state index contributed by atoms with van der Waals surface area (Å²) in [6.45, 7) is 2.04. The number of rotatable bonds is 4. The molecule has 2 heteroatoms. The monoisotopic (exact) mass is 228 g/mol. The first kappa shape index (κ1) is 11.5. The van der Waals surface area contributed by atoms with Crippen molar-refractivity contribution in [3.8, 4) is 11.5 Å². The molecule has 2 aromatic rings. The van der Waals surface area contributed by atoms with Gasteiger partial charge in [-0.15, -0.1) is 0 Å². The third kappa shape index (κ3) is 3.00. The van der Waals surface area contributed by atoms with E-state index in [4.69, 9.17) is 9.47 Å². The Bertz CT molecular complexity index is 448. The lowest BCUT2D eigenvalue weighted by atomic mass is 10.1. The largest absolute Gasteiger partial charge is 0.497 e. The van der Waals surface area contributed by atoms with Gasteiger partial charge in [0.25, 0.3) is 0 Å². The Kier molecular flexibility index (Phi) is 3.66. The van der Waals surface area contributed by atoms with Crippen LogP contribution in [0.2, 0.25) is 0 Å². The first-order valence-electron chi connectivity index (χ1n) is 5.65. The SMILES string of the molecule is COc1ccc(C(C)Oc2ccccc2)cc1. The summed E-state index contributed by atoms with van der Waals surface area (Å²) < 4.78 is 11.0. The van der Waals surface area contributed by atoms with Gasteiger partial charge in [0.2, 0.25) is 0 Å². The lowest BCUT2D eigenvalue weighted by molar-refractivity contribution is 0.227. The van der Waals surface area contributed by atoms with Gasteiger partial charge in [-0.25, -0.2) is 0 Å². The summed E-state index contributed by atoms with van der Waals surface area (Å²) in [6, 6.07) is 17.8. The van der Waals surface area contributed by atoms with Crippen molar-refractivity contribution in [3.05, 3.63) is 60.2 Å². The highest BCUT2D eigenvalue weighted by Gasteiger charge is 2.06. The average Bonchev–Trinajstić information content (AvgIpc) is 2.40. The van der Waals surface area contributed by atoms with Crippen molar-refractivity contribution in [1.82, 2.24) is 0 Å². The zero-order valence-corrected chi connectivity index (χ0v) is 10.1. The van der Waals surface area contributed by atoms with Crippen LogP contribution in [0.1, 0.15) is 18.6 Å². The van der Waals surface area contributed by atoms with E-state index in [0.29, 0.717) is 0 Å². The van der Waals surface area contributed by atoms with Gasteiger partial charge in [0.1, 0.15) is 17.6 Å². The first-order chi connectivity index (χ1) is 8.29. The van der Waals surface area contributed by atoms with Crippen molar-refractivity contribution in [2.45, 2.75) is 13.0 Å². The first-order valence-corrected chi connectivity index (χ1v) is 5.65. The molecule has 0 aliphatic rings. The number of benzene rings is 2. The summed E-state index contributed by atoms with van der Waals surface area (Å²) in [5.74, 6) is 1.75. The maximum Gasteiger partial charge on any atom is 0.121 e. The summed E-state index contributed by atoms with van der Waals surface area (Å²) in [4.78, 5) is 0. The molecule has 0 heterocycles. The van der Waals surface area contributed by atoms with Crippen molar-refractivity contribution >= 4 is 0 Å². The molecule has 0 aromatic heterocycles. The Morgan fingerprint density at radius 1 is 0.824 bits per heavy atom. The van der Waals surface area contributed by atoms with E-state index in [9.17, 15) is 0 Å². The lowest BCUT2D eigenvalue weighted by Gasteiger charge is -2.15. The standard InChI is InChI=1S/C15H16O2/c1-12(17-15-6-4-3-5-7-15)13-8-10-14(16-2)11-9-13/h3-12H,1-2H3. The third-order valence-electron chi connectivity index (χ3n) is 2.64. The van der Waals surface area contributed by atoms with E-state index in [1.807, 2.05) is 61.5 Å². The van der Waals surface area contributed by atoms with Gasteiger partial charge >= 0.3 is 0 Å². The number of hydrogen-bond donors (Lipinski definition) is 0. The molecular formula is C15H16O2. The molecule has 2 nitrogen and oxygen atoms in total. The molecule has 88 valence electrons. The van der Waals surface area contributed by atoms with Crippen molar-refractivity contribution in [1.29, 1.82) is 0 Å². The Morgan fingerprint density at radius 2 is 1.47 bits per heavy atom. The van der Waals surface area contributed by atoms with E-state index in [1.165, 1.54) is 0 Å². The van der Waals surface area contributed by atoms with Crippen LogP contribution in [0.15, 0.2) is 54.6 Å². The van der Waals surface area contributed by atoms with Crippen LogP contribution in [0, 0.1) is 0 Å². The maximum absolute atomic E-state index is 5.83. The molecule has 0 amide bonds. The van der Waals surface area contributed by atoms with Crippen molar-refractivity contribution in [2.75, 3.05) is 7.11 Å². The molecule has 17 heavy (non-hydrogen) atoms. The predicted octanol–water partition coefficient (Wildman–Crippen LogP) is 3.84. The Hall–Kier alpha value is -1.96. The minimum Gasteiger partial charge on any atom is -0.497 e. The van der Waals surface area contributed by atoms with Gasteiger partial charge in [0.05, 0.1) is 7.11 Å². The highest BCUT2D eigenvalue weighted by atomic mass is 16.5. The van der Waals surface area contributed by atoms with Gasteiger partial charge in [-0.3, -0.25) is 0 Å². The molecule has 0 N–H and O–H groups in total. The highest BCUT2D eigenvalue weighted by molar-refractivity contribution is 5.29. The van der Waals surface area contributed by atoms with Crippen LogP contribution in [-0.2, 0) is 0 Å². The van der Waals surface area contributed by atoms with Crippen molar-refractivity contribution in [2.24, 2.45) is 0 Å². The molecule has 2 rings (SSSR count). The van der Waals surface area contributed by atoms with Gasteiger partial charge in [-0.05, 0) is 36.8 Å². The second-order valence-electron chi connectivity index (χ2n) is 3.85. The fraction of sp³-hybridized carbons (Fsp3) is 0.200. The molecule has 0 aliphatic carbocycles. The quantitative estimate of drug-likeness (QED) is 0.791. The second kappa shape index (κ2) is 5.39. The van der Waals surface area contributed by atoms with Crippen LogP contribution in [0.3, 0.4) is 0 Å². The summed E-state index contributed by atoms with van der Waals surface area (Å²) in [7, 11) is 1.67. The van der Waals surface area contributed by atoms with Crippen LogP contribution in [-0.4, -0.2) is 7.11 Å². The Balaban J connectivity index is 2.06. The minimum absolute atomic E-state index is 0.0308. The fourth-order valence-electron chi connectivity index (χ4n) is 1.65. The van der Waals surface area contributed by atoms with Crippen LogP contribution in [0.5, 0.6) is 11.5 Å². The van der Waals surface area contributed by atoms with E-state index in [1.54, 1.807) is 7.11 Å². The summed E-state index contributed by atoms with van der Waals surface area (Å²) in [5.41, 5.74) is 1.13. The molecular weight excluding hydrogens is 212 g/mol. The van der Waals surface area contributed by atoms with E-state index in [0.717, 1.165) is 17.1 Å². The van der Waals surface area contributed by atoms with Gasteiger partial charge in [-0.1, -0.05) is 30.3 Å². The molecule has 0 aliphatic heterocycles. The molecule has 0 radical (unpaired) electrons. The molecule has 1 atom stereocenters. The summed E-state index contributed by atoms with van der Waals surface area (Å²) in [6.07, 6.45) is 0.0308. The number of methoxy groups -OCH3 is 1. The topological polar surface area (TPSA) is 18.5 Å². The Labute approximate surface area is 102 Å². The summed E-state index contributed by atoms with van der Waals surface area (Å²) >= 11 is 0. The summed E-state index contributed by atoms with van der Waals surface area (Å²) in [5, 5.41) is 0.